The van der Waals surface area contributed by atoms with Crippen LogP contribution in [0.1, 0.15) is 25.5 Å². The molecule has 0 aliphatic rings. The molecule has 1 atom stereocenters. The highest BCUT2D eigenvalue weighted by Gasteiger charge is 2.07. The molecule has 0 amide bonds. The van der Waals surface area contributed by atoms with Gasteiger partial charge >= 0.3 is 0 Å². The molecule has 72 valence electrons. The minimum Gasteiger partial charge on any atom is -0.494 e. The number of hydrogen-bond donors (Lipinski definition) is 1. The highest BCUT2D eigenvalue weighted by atomic mass is 35.5. The van der Waals surface area contributed by atoms with Crippen molar-refractivity contribution >= 4 is 11.6 Å². The summed E-state index contributed by atoms with van der Waals surface area (Å²) in [6, 6.07) is 5.44. The van der Waals surface area contributed by atoms with Crippen LogP contribution in [0.5, 0.6) is 5.75 Å². The van der Waals surface area contributed by atoms with E-state index in [1.54, 1.807) is 6.07 Å². The maximum atomic E-state index is 5.85. The summed E-state index contributed by atoms with van der Waals surface area (Å²) in [7, 11) is 0. The Balaban J connectivity index is 3.03. The fourth-order valence-corrected chi connectivity index (χ4v) is 1.34. The Morgan fingerprint density at radius 1 is 1.54 bits per heavy atom. The Labute approximate surface area is 83.6 Å². The second kappa shape index (κ2) is 4.49. The van der Waals surface area contributed by atoms with Gasteiger partial charge in [0, 0.05) is 16.6 Å². The third-order valence-electron chi connectivity index (χ3n) is 1.76. The van der Waals surface area contributed by atoms with Gasteiger partial charge in [-0.15, -0.1) is 0 Å². The van der Waals surface area contributed by atoms with E-state index in [0.29, 0.717) is 11.6 Å². The van der Waals surface area contributed by atoms with Gasteiger partial charge < -0.3 is 10.5 Å². The molecular formula is C10H14ClNO. The van der Waals surface area contributed by atoms with Crippen molar-refractivity contribution in [3.63, 3.8) is 0 Å². The zero-order valence-electron chi connectivity index (χ0n) is 7.88. The van der Waals surface area contributed by atoms with E-state index in [9.17, 15) is 0 Å². The molecule has 0 heterocycles. The molecule has 0 saturated carbocycles. The van der Waals surface area contributed by atoms with Crippen LogP contribution < -0.4 is 10.5 Å². The second-order valence-corrected chi connectivity index (χ2v) is 3.34. The Morgan fingerprint density at radius 3 is 2.77 bits per heavy atom. The molecule has 1 aromatic rings. The van der Waals surface area contributed by atoms with Gasteiger partial charge in [0.1, 0.15) is 5.75 Å². The van der Waals surface area contributed by atoms with E-state index in [1.807, 2.05) is 26.0 Å². The van der Waals surface area contributed by atoms with Gasteiger partial charge in [0.05, 0.1) is 6.61 Å². The molecule has 2 nitrogen and oxygen atoms in total. The maximum Gasteiger partial charge on any atom is 0.124 e. The van der Waals surface area contributed by atoms with Crippen LogP contribution in [0.15, 0.2) is 18.2 Å². The standard InChI is InChI=1S/C10H14ClNO/c1-3-13-10-5-4-8(11)6-9(10)7(2)12/h4-7H,3,12H2,1-2H3/t7-/m0/s1. The summed E-state index contributed by atoms with van der Waals surface area (Å²) in [6.07, 6.45) is 0. The lowest BCUT2D eigenvalue weighted by Gasteiger charge is -2.12. The fourth-order valence-electron chi connectivity index (χ4n) is 1.16. The van der Waals surface area contributed by atoms with Crippen LogP contribution in [0.3, 0.4) is 0 Å². The highest BCUT2D eigenvalue weighted by molar-refractivity contribution is 6.30. The molecule has 1 aromatic carbocycles. The predicted molar refractivity (Wildman–Crippen MR) is 55.2 cm³/mol. The summed E-state index contributed by atoms with van der Waals surface area (Å²) in [5.74, 6) is 0.821. The molecule has 0 fully saturated rings. The van der Waals surface area contributed by atoms with Crippen molar-refractivity contribution < 1.29 is 4.74 Å². The third kappa shape index (κ3) is 2.61. The number of hydrogen-bond acceptors (Lipinski definition) is 2. The molecule has 0 aliphatic carbocycles. The Hall–Kier alpha value is -0.730. The first-order chi connectivity index (χ1) is 6.15. The minimum atomic E-state index is -0.0553. The molecule has 0 saturated heterocycles. The van der Waals surface area contributed by atoms with E-state index in [1.165, 1.54) is 0 Å². The summed E-state index contributed by atoms with van der Waals surface area (Å²) in [4.78, 5) is 0. The Bertz CT molecular complexity index is 286. The minimum absolute atomic E-state index is 0.0553. The molecule has 0 unspecified atom stereocenters. The van der Waals surface area contributed by atoms with Crippen molar-refractivity contribution in [3.05, 3.63) is 28.8 Å². The second-order valence-electron chi connectivity index (χ2n) is 2.90. The van der Waals surface area contributed by atoms with Crippen LogP contribution >= 0.6 is 11.6 Å². The van der Waals surface area contributed by atoms with Crippen molar-refractivity contribution in [2.75, 3.05) is 6.61 Å². The van der Waals surface area contributed by atoms with Gasteiger partial charge in [0.2, 0.25) is 0 Å². The van der Waals surface area contributed by atoms with Crippen LogP contribution in [0.4, 0.5) is 0 Å². The van der Waals surface area contributed by atoms with Gasteiger partial charge in [0.25, 0.3) is 0 Å². The summed E-state index contributed by atoms with van der Waals surface area (Å²) >= 11 is 5.85. The fraction of sp³-hybridized carbons (Fsp3) is 0.400. The number of halogens is 1. The van der Waals surface area contributed by atoms with E-state index >= 15 is 0 Å². The van der Waals surface area contributed by atoms with Crippen molar-refractivity contribution in [1.82, 2.24) is 0 Å². The number of ether oxygens (including phenoxy) is 1. The first-order valence-electron chi connectivity index (χ1n) is 4.33. The van der Waals surface area contributed by atoms with E-state index in [4.69, 9.17) is 22.1 Å². The average molecular weight is 200 g/mol. The quantitative estimate of drug-likeness (QED) is 0.813. The van der Waals surface area contributed by atoms with E-state index < -0.39 is 0 Å². The maximum absolute atomic E-state index is 5.85. The van der Waals surface area contributed by atoms with Gasteiger partial charge in [-0.1, -0.05) is 11.6 Å². The van der Waals surface area contributed by atoms with Gasteiger partial charge in [-0.2, -0.15) is 0 Å². The first kappa shape index (κ1) is 10.4. The summed E-state index contributed by atoms with van der Waals surface area (Å²) in [5.41, 5.74) is 6.73. The predicted octanol–water partition coefficient (Wildman–Crippen LogP) is 2.76. The zero-order chi connectivity index (χ0) is 9.84. The normalized spacial score (nSPS) is 12.6. The molecule has 0 aromatic heterocycles. The largest absolute Gasteiger partial charge is 0.494 e. The first-order valence-corrected chi connectivity index (χ1v) is 4.70. The smallest absolute Gasteiger partial charge is 0.124 e. The van der Waals surface area contributed by atoms with E-state index in [0.717, 1.165) is 11.3 Å². The number of nitrogens with two attached hydrogens (primary N) is 1. The number of rotatable bonds is 3. The Morgan fingerprint density at radius 2 is 2.23 bits per heavy atom. The SMILES string of the molecule is CCOc1ccc(Cl)cc1[C@H](C)N. The van der Waals surface area contributed by atoms with Gasteiger partial charge in [0.15, 0.2) is 0 Å². The Kier molecular flexibility index (Phi) is 3.58. The van der Waals surface area contributed by atoms with Crippen LogP contribution in [0.2, 0.25) is 5.02 Å². The highest BCUT2D eigenvalue weighted by Crippen LogP contribution is 2.26. The summed E-state index contributed by atoms with van der Waals surface area (Å²) in [5, 5.41) is 0.691. The zero-order valence-corrected chi connectivity index (χ0v) is 8.64. The molecule has 0 aliphatic heterocycles. The summed E-state index contributed by atoms with van der Waals surface area (Å²) < 4.78 is 5.41. The van der Waals surface area contributed by atoms with Crippen molar-refractivity contribution in [2.24, 2.45) is 5.73 Å². The van der Waals surface area contributed by atoms with E-state index in [-0.39, 0.29) is 6.04 Å². The van der Waals surface area contributed by atoms with Crippen LogP contribution in [-0.2, 0) is 0 Å². The molecule has 3 heteroatoms. The van der Waals surface area contributed by atoms with Crippen molar-refractivity contribution in [3.8, 4) is 5.75 Å². The van der Waals surface area contributed by atoms with E-state index in [2.05, 4.69) is 0 Å². The molecule has 2 N–H and O–H groups in total. The monoisotopic (exact) mass is 199 g/mol. The van der Waals surface area contributed by atoms with Gasteiger partial charge in [-0.05, 0) is 32.0 Å². The summed E-state index contributed by atoms with van der Waals surface area (Å²) in [6.45, 7) is 4.50. The molecule has 0 radical (unpaired) electrons. The van der Waals surface area contributed by atoms with Gasteiger partial charge in [-0.25, -0.2) is 0 Å². The topological polar surface area (TPSA) is 35.2 Å². The van der Waals surface area contributed by atoms with Crippen LogP contribution in [-0.4, -0.2) is 6.61 Å². The van der Waals surface area contributed by atoms with Crippen LogP contribution in [0.25, 0.3) is 0 Å². The lowest BCUT2D eigenvalue weighted by Crippen LogP contribution is -2.07. The van der Waals surface area contributed by atoms with Gasteiger partial charge in [-0.3, -0.25) is 0 Å². The lowest BCUT2D eigenvalue weighted by atomic mass is 10.1. The molecular weight excluding hydrogens is 186 g/mol. The molecule has 13 heavy (non-hydrogen) atoms. The number of benzene rings is 1. The molecule has 0 bridgehead atoms. The average Bonchev–Trinajstić information content (AvgIpc) is 2.08. The lowest BCUT2D eigenvalue weighted by molar-refractivity contribution is 0.335. The third-order valence-corrected chi connectivity index (χ3v) is 2.00. The van der Waals surface area contributed by atoms with Crippen LogP contribution in [0, 0.1) is 0 Å². The van der Waals surface area contributed by atoms with Crippen molar-refractivity contribution in [1.29, 1.82) is 0 Å². The molecule has 1 rings (SSSR count). The van der Waals surface area contributed by atoms with Crippen molar-refractivity contribution in [2.45, 2.75) is 19.9 Å². The molecule has 0 spiro atoms.